The lowest BCUT2D eigenvalue weighted by molar-refractivity contribution is 0.759. The third-order valence-electron chi connectivity index (χ3n) is 0.658. The lowest BCUT2D eigenvalue weighted by Crippen LogP contribution is -1.66. The van der Waals surface area contributed by atoms with Gasteiger partial charge in [0.15, 0.2) is 0 Å². The van der Waals surface area contributed by atoms with E-state index in [9.17, 15) is 0 Å². The fourth-order valence-corrected chi connectivity index (χ4v) is 0.289. The second-order valence-corrected chi connectivity index (χ2v) is 1.28. The molecule has 0 atom stereocenters. The third-order valence-corrected chi connectivity index (χ3v) is 0.658. The molecule has 6 heavy (non-hydrogen) atoms. The van der Waals surface area contributed by atoms with Crippen molar-refractivity contribution < 1.29 is 0 Å². The summed E-state index contributed by atoms with van der Waals surface area (Å²) in [6, 6.07) is 0. The first-order valence-electron chi connectivity index (χ1n) is 2.32. The molecule has 0 spiro atoms. The van der Waals surface area contributed by atoms with Crippen LogP contribution >= 0.6 is 0 Å². The van der Waals surface area contributed by atoms with Gasteiger partial charge in [-0.25, -0.2) is 0 Å². The SMILES string of the molecule is [CH]CCCC[CH]. The van der Waals surface area contributed by atoms with Gasteiger partial charge in [0.05, 0.1) is 0 Å². The fourth-order valence-electron chi connectivity index (χ4n) is 0.289. The molecule has 0 aliphatic rings. The predicted molar refractivity (Wildman–Crippen MR) is 27.1 cm³/mol. The van der Waals surface area contributed by atoms with E-state index in [1.54, 1.807) is 0 Å². The van der Waals surface area contributed by atoms with Crippen molar-refractivity contribution in [1.82, 2.24) is 0 Å². The van der Waals surface area contributed by atoms with E-state index in [1.807, 2.05) is 0 Å². The minimum Gasteiger partial charge on any atom is -0.0530 e. The van der Waals surface area contributed by atoms with E-state index in [2.05, 4.69) is 0 Å². The Morgan fingerprint density at radius 1 is 0.833 bits per heavy atom. The molecule has 0 nitrogen and oxygen atoms in total. The number of hydrogen-bond acceptors (Lipinski definition) is 0. The first-order chi connectivity index (χ1) is 2.91. The van der Waals surface area contributed by atoms with Gasteiger partial charge in [-0.15, -0.1) is 0 Å². The van der Waals surface area contributed by atoms with Gasteiger partial charge in [-0.05, 0) is 26.7 Å². The monoisotopic (exact) mass is 82.1 g/mol. The molecule has 0 rings (SSSR count). The zero-order valence-electron chi connectivity index (χ0n) is 3.98. The van der Waals surface area contributed by atoms with Gasteiger partial charge in [-0.3, -0.25) is 0 Å². The molecule has 0 saturated heterocycles. The van der Waals surface area contributed by atoms with Crippen LogP contribution in [0.2, 0.25) is 0 Å². The maximum absolute atomic E-state index is 5.16. The summed E-state index contributed by atoms with van der Waals surface area (Å²) < 4.78 is 0. The molecule has 0 heterocycles. The minimum absolute atomic E-state index is 0.775. The molecule has 0 fully saturated rings. The molecular formula is C6H10. The zero-order chi connectivity index (χ0) is 4.83. The average molecular weight is 82.1 g/mol. The Morgan fingerprint density at radius 3 is 1.33 bits per heavy atom. The minimum atomic E-state index is 0.775. The highest BCUT2D eigenvalue weighted by atomic mass is 13.8. The fraction of sp³-hybridized carbons (Fsp3) is 0.667. The average Bonchev–Trinajstić information content (AvgIpc) is 1.61. The summed E-state index contributed by atoms with van der Waals surface area (Å²) in [5.74, 6) is 0. The highest BCUT2D eigenvalue weighted by Crippen LogP contribution is 1.94. The zero-order valence-corrected chi connectivity index (χ0v) is 3.98. The maximum Gasteiger partial charge on any atom is -0.0352 e. The van der Waals surface area contributed by atoms with Gasteiger partial charge in [0.2, 0.25) is 0 Å². The van der Waals surface area contributed by atoms with Crippen molar-refractivity contribution in [2.45, 2.75) is 25.7 Å². The van der Waals surface area contributed by atoms with Crippen LogP contribution in [-0.2, 0) is 0 Å². The van der Waals surface area contributed by atoms with Gasteiger partial charge in [-0.2, -0.15) is 0 Å². The molecule has 0 bridgehead atoms. The van der Waals surface area contributed by atoms with Crippen molar-refractivity contribution in [2.24, 2.45) is 0 Å². The summed E-state index contributed by atoms with van der Waals surface area (Å²) >= 11 is 0. The van der Waals surface area contributed by atoms with Crippen LogP contribution in [0.25, 0.3) is 0 Å². The van der Waals surface area contributed by atoms with Crippen molar-refractivity contribution in [2.75, 3.05) is 0 Å². The molecule has 0 N–H and O–H groups in total. The van der Waals surface area contributed by atoms with E-state index in [1.165, 1.54) is 0 Å². The van der Waals surface area contributed by atoms with Crippen LogP contribution in [0, 0.1) is 13.8 Å². The van der Waals surface area contributed by atoms with Gasteiger partial charge >= 0.3 is 0 Å². The largest absolute Gasteiger partial charge is 0.0530 e. The maximum atomic E-state index is 5.16. The summed E-state index contributed by atoms with van der Waals surface area (Å²) in [4.78, 5) is 0. The molecule has 0 amide bonds. The standard InChI is InChI=1S/C6H10/c1-3-5-6-4-2/h1-2H,3-6H2. The van der Waals surface area contributed by atoms with Crippen molar-refractivity contribution in [3.05, 3.63) is 13.8 Å². The summed E-state index contributed by atoms with van der Waals surface area (Å²) in [6.45, 7) is 10.3. The Kier molecular flexibility index (Phi) is 5.00. The molecule has 4 radical (unpaired) electrons. The highest BCUT2D eigenvalue weighted by Gasteiger charge is 1.75. The lowest BCUT2D eigenvalue weighted by atomic mass is 10.2. The number of hydrogen-bond donors (Lipinski definition) is 0. The molecule has 0 saturated carbocycles. The van der Waals surface area contributed by atoms with Crippen LogP contribution in [-0.4, -0.2) is 0 Å². The Morgan fingerprint density at radius 2 is 1.17 bits per heavy atom. The molecule has 34 valence electrons. The topological polar surface area (TPSA) is 0 Å². The summed E-state index contributed by atoms with van der Waals surface area (Å²) in [5, 5.41) is 0. The van der Waals surface area contributed by atoms with E-state index in [0.29, 0.717) is 0 Å². The van der Waals surface area contributed by atoms with Gasteiger partial charge in [0.25, 0.3) is 0 Å². The molecule has 0 unspecified atom stereocenters. The Labute approximate surface area is 40.6 Å². The van der Waals surface area contributed by atoms with Gasteiger partial charge in [0, 0.05) is 0 Å². The lowest BCUT2D eigenvalue weighted by Gasteiger charge is -1.85. The molecule has 0 aromatic rings. The Bertz CT molecular complexity index is 12.0. The van der Waals surface area contributed by atoms with E-state index < -0.39 is 0 Å². The molecule has 0 aromatic carbocycles. The van der Waals surface area contributed by atoms with E-state index in [0.717, 1.165) is 25.7 Å². The van der Waals surface area contributed by atoms with Crippen LogP contribution in [0.1, 0.15) is 25.7 Å². The predicted octanol–water partition coefficient (Wildman–Crippen LogP) is 1.97. The molecule has 0 aliphatic carbocycles. The molecule has 0 aromatic heterocycles. The normalized spacial score (nSPS) is 9.00. The van der Waals surface area contributed by atoms with Gasteiger partial charge in [0.1, 0.15) is 0 Å². The van der Waals surface area contributed by atoms with Crippen LogP contribution in [0.15, 0.2) is 0 Å². The Balaban J connectivity index is 2.34. The quantitative estimate of drug-likeness (QED) is 0.456. The van der Waals surface area contributed by atoms with Crippen molar-refractivity contribution in [3.8, 4) is 0 Å². The third kappa shape index (κ3) is 4.00. The van der Waals surface area contributed by atoms with Crippen LogP contribution in [0.3, 0.4) is 0 Å². The van der Waals surface area contributed by atoms with Crippen molar-refractivity contribution >= 4 is 0 Å². The number of rotatable bonds is 3. The van der Waals surface area contributed by atoms with Crippen LogP contribution < -0.4 is 0 Å². The second-order valence-electron chi connectivity index (χ2n) is 1.28. The smallest absolute Gasteiger partial charge is 0.0352 e. The highest BCUT2D eigenvalue weighted by molar-refractivity contribution is 4.43. The van der Waals surface area contributed by atoms with Crippen LogP contribution in [0.4, 0.5) is 0 Å². The molecular weight excluding hydrogens is 72.1 g/mol. The van der Waals surface area contributed by atoms with Crippen molar-refractivity contribution in [1.29, 1.82) is 0 Å². The van der Waals surface area contributed by atoms with E-state index in [-0.39, 0.29) is 0 Å². The van der Waals surface area contributed by atoms with Gasteiger partial charge < -0.3 is 0 Å². The summed E-state index contributed by atoms with van der Waals surface area (Å²) in [5.41, 5.74) is 0. The van der Waals surface area contributed by atoms with Crippen LogP contribution in [0.5, 0.6) is 0 Å². The first kappa shape index (κ1) is 6.00. The second kappa shape index (κ2) is 5.00. The summed E-state index contributed by atoms with van der Waals surface area (Å²) in [7, 11) is 0. The van der Waals surface area contributed by atoms with Crippen molar-refractivity contribution in [3.63, 3.8) is 0 Å². The number of unbranched alkanes of at least 4 members (excludes halogenated alkanes) is 3. The van der Waals surface area contributed by atoms with E-state index >= 15 is 0 Å². The molecule has 0 aliphatic heterocycles. The summed E-state index contributed by atoms with van der Waals surface area (Å²) in [6.07, 6.45) is 3.68. The Hall–Kier alpha value is 0. The van der Waals surface area contributed by atoms with E-state index in [4.69, 9.17) is 13.8 Å². The first-order valence-corrected chi connectivity index (χ1v) is 2.32. The molecule has 0 heteroatoms. The van der Waals surface area contributed by atoms with Gasteiger partial charge in [-0.1, -0.05) is 12.8 Å².